The van der Waals surface area contributed by atoms with E-state index < -0.39 is 0 Å². The van der Waals surface area contributed by atoms with Crippen LogP contribution >= 0.6 is 0 Å². The van der Waals surface area contributed by atoms with Gasteiger partial charge in [-0.15, -0.1) is 0 Å². The van der Waals surface area contributed by atoms with Crippen LogP contribution in [0, 0.1) is 0 Å². The third-order valence-corrected chi connectivity index (χ3v) is 2.96. The van der Waals surface area contributed by atoms with Gasteiger partial charge in [0.05, 0.1) is 0 Å². The molecule has 0 spiro atoms. The Bertz CT molecular complexity index is 640. The minimum Gasteiger partial charge on any atom is -0.457 e. The van der Waals surface area contributed by atoms with Gasteiger partial charge in [0.15, 0.2) is 0 Å². The summed E-state index contributed by atoms with van der Waals surface area (Å²) in [7, 11) is 0. The van der Waals surface area contributed by atoms with Crippen molar-refractivity contribution in [1.29, 1.82) is 0 Å². The average molecular weight is 255 g/mol. The molecule has 1 aromatic carbocycles. The molecular weight excluding hydrogens is 242 g/mol. The summed E-state index contributed by atoms with van der Waals surface area (Å²) < 4.78 is 5.72. The smallest absolute Gasteiger partial charge is 0.224 e. The first kappa shape index (κ1) is 11.5. The molecule has 1 aliphatic rings. The zero-order valence-electron chi connectivity index (χ0n) is 10.2. The van der Waals surface area contributed by atoms with Crippen molar-refractivity contribution in [2.75, 3.05) is 11.1 Å². The molecule has 19 heavy (non-hydrogen) atoms. The maximum Gasteiger partial charge on any atom is 0.224 e. The number of aromatic nitrogens is 1. The van der Waals surface area contributed by atoms with Crippen molar-refractivity contribution in [3.63, 3.8) is 0 Å². The van der Waals surface area contributed by atoms with Gasteiger partial charge in [-0.1, -0.05) is 0 Å². The van der Waals surface area contributed by atoms with E-state index in [0.29, 0.717) is 18.0 Å². The van der Waals surface area contributed by atoms with Crippen molar-refractivity contribution in [2.45, 2.75) is 12.8 Å². The molecule has 2 aromatic rings. The Hall–Kier alpha value is -2.56. The highest BCUT2D eigenvalue weighted by Crippen LogP contribution is 2.29. The van der Waals surface area contributed by atoms with E-state index in [-0.39, 0.29) is 5.91 Å². The van der Waals surface area contributed by atoms with Gasteiger partial charge in [0.25, 0.3) is 0 Å². The van der Waals surface area contributed by atoms with Gasteiger partial charge < -0.3 is 15.8 Å². The summed E-state index contributed by atoms with van der Waals surface area (Å²) in [5.74, 6) is 1.85. The maximum atomic E-state index is 11.3. The molecule has 2 heterocycles. The molecule has 0 bridgehead atoms. The van der Waals surface area contributed by atoms with E-state index in [2.05, 4.69) is 10.3 Å². The number of hydrogen-bond donors (Lipinski definition) is 2. The number of nitrogens with one attached hydrogen (secondary N) is 1. The largest absolute Gasteiger partial charge is 0.457 e. The van der Waals surface area contributed by atoms with Crippen LogP contribution < -0.4 is 15.8 Å². The average Bonchev–Trinajstić information content (AvgIpc) is 2.39. The second-order valence-corrected chi connectivity index (χ2v) is 4.39. The van der Waals surface area contributed by atoms with Gasteiger partial charge in [0.2, 0.25) is 5.91 Å². The minimum atomic E-state index is 0.0584. The monoisotopic (exact) mass is 255 g/mol. The molecule has 5 heteroatoms. The lowest BCUT2D eigenvalue weighted by Crippen LogP contribution is -2.18. The van der Waals surface area contributed by atoms with Gasteiger partial charge in [-0.3, -0.25) is 4.79 Å². The molecule has 0 atom stereocenters. The second-order valence-electron chi connectivity index (χ2n) is 4.39. The number of amides is 1. The first-order valence-corrected chi connectivity index (χ1v) is 6.03. The molecule has 0 radical (unpaired) electrons. The Labute approximate surface area is 110 Å². The summed E-state index contributed by atoms with van der Waals surface area (Å²) in [6.07, 6.45) is 2.85. The molecule has 0 unspecified atom stereocenters. The molecule has 0 saturated heterocycles. The highest BCUT2D eigenvalue weighted by Gasteiger charge is 2.15. The lowest BCUT2D eigenvalue weighted by Gasteiger charge is -2.17. The number of anilines is 2. The summed E-state index contributed by atoms with van der Waals surface area (Å²) in [4.78, 5) is 15.2. The highest BCUT2D eigenvalue weighted by molar-refractivity contribution is 5.94. The molecule has 3 rings (SSSR count). The van der Waals surface area contributed by atoms with Crippen molar-refractivity contribution < 1.29 is 9.53 Å². The summed E-state index contributed by atoms with van der Waals surface area (Å²) in [6.45, 7) is 0. The summed E-state index contributed by atoms with van der Waals surface area (Å²) in [5.41, 5.74) is 7.54. The number of nitrogen functional groups attached to an aromatic ring is 1. The number of rotatable bonds is 2. The summed E-state index contributed by atoms with van der Waals surface area (Å²) in [6, 6.07) is 9.03. The Morgan fingerprint density at radius 1 is 1.16 bits per heavy atom. The van der Waals surface area contributed by atoms with Crippen molar-refractivity contribution in [1.82, 2.24) is 4.98 Å². The normalized spacial score (nSPS) is 13.6. The number of nitrogens with zero attached hydrogens (tertiary/aromatic N) is 1. The molecule has 5 nitrogen and oxygen atoms in total. The van der Waals surface area contributed by atoms with Gasteiger partial charge in [-0.25, -0.2) is 4.98 Å². The maximum absolute atomic E-state index is 11.3. The van der Waals surface area contributed by atoms with Gasteiger partial charge in [0.1, 0.15) is 17.3 Å². The van der Waals surface area contributed by atoms with E-state index in [9.17, 15) is 4.79 Å². The molecule has 1 amide bonds. The number of pyridine rings is 1. The van der Waals surface area contributed by atoms with Crippen molar-refractivity contribution >= 4 is 17.4 Å². The third-order valence-electron chi connectivity index (χ3n) is 2.96. The van der Waals surface area contributed by atoms with Crippen LogP contribution in [0.5, 0.6) is 11.5 Å². The SMILES string of the molecule is Nc1cc(Oc2ccc3c(c2)CCC(=O)N3)ccn1. The van der Waals surface area contributed by atoms with E-state index >= 15 is 0 Å². The predicted octanol–water partition coefficient (Wildman–Crippen LogP) is 2.34. The van der Waals surface area contributed by atoms with Crippen molar-refractivity contribution in [3.05, 3.63) is 42.1 Å². The Morgan fingerprint density at radius 3 is 2.84 bits per heavy atom. The molecule has 0 saturated carbocycles. The Kier molecular flexibility index (Phi) is 2.79. The fourth-order valence-corrected chi connectivity index (χ4v) is 2.05. The van der Waals surface area contributed by atoms with Crippen LogP contribution in [0.1, 0.15) is 12.0 Å². The molecular formula is C14H13N3O2. The molecule has 3 N–H and O–H groups in total. The van der Waals surface area contributed by atoms with E-state index in [1.807, 2.05) is 18.2 Å². The minimum absolute atomic E-state index is 0.0584. The predicted molar refractivity (Wildman–Crippen MR) is 72.1 cm³/mol. The number of hydrogen-bond acceptors (Lipinski definition) is 4. The van der Waals surface area contributed by atoms with E-state index in [1.165, 1.54) is 0 Å². The van der Waals surface area contributed by atoms with Crippen LogP contribution in [-0.4, -0.2) is 10.9 Å². The highest BCUT2D eigenvalue weighted by atomic mass is 16.5. The Morgan fingerprint density at radius 2 is 2.00 bits per heavy atom. The van der Waals surface area contributed by atoms with Crippen molar-refractivity contribution in [2.24, 2.45) is 0 Å². The summed E-state index contributed by atoms with van der Waals surface area (Å²) >= 11 is 0. The lowest BCUT2D eigenvalue weighted by atomic mass is 10.0. The molecule has 1 aliphatic heterocycles. The number of carbonyl (C=O) groups is 1. The number of fused-ring (bicyclic) bond motifs is 1. The Balaban J connectivity index is 1.85. The van der Waals surface area contributed by atoms with Crippen molar-refractivity contribution in [3.8, 4) is 11.5 Å². The standard InChI is InChI=1S/C14H13N3O2/c15-13-8-11(5-6-16-13)19-10-2-3-12-9(7-10)1-4-14(18)17-12/h2-3,5-8H,1,4H2,(H2,15,16)(H,17,18). The number of aryl methyl sites for hydroxylation is 1. The topological polar surface area (TPSA) is 77.2 Å². The van der Waals surface area contributed by atoms with E-state index in [1.54, 1.807) is 18.3 Å². The fourth-order valence-electron chi connectivity index (χ4n) is 2.05. The first-order valence-electron chi connectivity index (χ1n) is 6.03. The quantitative estimate of drug-likeness (QED) is 0.863. The fraction of sp³-hybridized carbons (Fsp3) is 0.143. The van der Waals surface area contributed by atoms with E-state index in [0.717, 1.165) is 23.4 Å². The van der Waals surface area contributed by atoms with Gasteiger partial charge >= 0.3 is 0 Å². The van der Waals surface area contributed by atoms with Crippen LogP contribution in [0.25, 0.3) is 0 Å². The molecule has 1 aromatic heterocycles. The number of ether oxygens (including phenoxy) is 1. The first-order chi connectivity index (χ1) is 9.20. The number of nitrogens with two attached hydrogens (primary N) is 1. The number of carbonyl (C=O) groups excluding carboxylic acids is 1. The molecule has 96 valence electrons. The van der Waals surface area contributed by atoms with Crippen LogP contribution in [0.15, 0.2) is 36.5 Å². The van der Waals surface area contributed by atoms with Crippen LogP contribution in [-0.2, 0) is 11.2 Å². The second kappa shape index (κ2) is 4.61. The zero-order valence-corrected chi connectivity index (χ0v) is 10.2. The third kappa shape index (κ3) is 2.49. The lowest BCUT2D eigenvalue weighted by molar-refractivity contribution is -0.116. The number of benzene rings is 1. The van der Waals surface area contributed by atoms with Crippen LogP contribution in [0.4, 0.5) is 11.5 Å². The molecule has 0 aliphatic carbocycles. The van der Waals surface area contributed by atoms with Gasteiger partial charge in [-0.05, 0) is 36.2 Å². The van der Waals surface area contributed by atoms with Crippen LogP contribution in [0.3, 0.4) is 0 Å². The van der Waals surface area contributed by atoms with Gasteiger partial charge in [0, 0.05) is 24.4 Å². The van der Waals surface area contributed by atoms with Gasteiger partial charge in [-0.2, -0.15) is 0 Å². The zero-order chi connectivity index (χ0) is 13.2. The molecule has 0 fully saturated rings. The van der Waals surface area contributed by atoms with Crippen LogP contribution in [0.2, 0.25) is 0 Å². The van der Waals surface area contributed by atoms with E-state index in [4.69, 9.17) is 10.5 Å². The summed E-state index contributed by atoms with van der Waals surface area (Å²) in [5, 5.41) is 2.84.